The Morgan fingerprint density at radius 3 is 2.81 bits per heavy atom. The Morgan fingerprint density at radius 1 is 1.44 bits per heavy atom. The molecule has 1 heterocycles. The van der Waals surface area contributed by atoms with Gasteiger partial charge in [0.2, 0.25) is 5.75 Å². The Kier molecular flexibility index (Phi) is 2.90. The third-order valence-electron chi connectivity index (χ3n) is 2.19. The second-order valence-corrected chi connectivity index (χ2v) is 4.23. The molecule has 82 valence electrons. The number of nitro groups is 1. The summed E-state index contributed by atoms with van der Waals surface area (Å²) in [6, 6.07) is 4.96. The number of aromatic nitrogens is 1. The van der Waals surface area contributed by atoms with Gasteiger partial charge in [0.1, 0.15) is 5.52 Å². The van der Waals surface area contributed by atoms with E-state index in [1.165, 1.54) is 13.2 Å². The Balaban J connectivity index is 2.86. The first-order chi connectivity index (χ1) is 7.65. The van der Waals surface area contributed by atoms with Crippen molar-refractivity contribution in [2.45, 2.75) is 0 Å². The fourth-order valence-electron chi connectivity index (χ4n) is 1.49. The highest BCUT2D eigenvalue weighted by molar-refractivity contribution is 14.1. The molecule has 0 atom stereocenters. The number of pyridine rings is 1. The maximum atomic E-state index is 10.8. The van der Waals surface area contributed by atoms with Crippen molar-refractivity contribution in [3.05, 3.63) is 38.1 Å². The minimum atomic E-state index is -0.472. The SMILES string of the molecule is COc1c([N+](=O)[O-])ccc2c(I)ccnc12. The van der Waals surface area contributed by atoms with E-state index in [1.54, 1.807) is 12.3 Å². The number of hydrogen-bond donors (Lipinski definition) is 0. The molecule has 6 heteroatoms. The number of halogens is 1. The zero-order valence-corrected chi connectivity index (χ0v) is 10.5. The average Bonchev–Trinajstić information content (AvgIpc) is 2.27. The van der Waals surface area contributed by atoms with Crippen molar-refractivity contribution in [2.24, 2.45) is 0 Å². The maximum Gasteiger partial charge on any atom is 0.313 e. The van der Waals surface area contributed by atoms with Crippen LogP contribution in [0, 0.1) is 13.7 Å². The lowest BCUT2D eigenvalue weighted by molar-refractivity contribution is -0.385. The lowest BCUT2D eigenvalue weighted by Crippen LogP contribution is -1.96. The zero-order chi connectivity index (χ0) is 11.7. The molecule has 0 fully saturated rings. The van der Waals surface area contributed by atoms with Gasteiger partial charge in [0.15, 0.2) is 0 Å². The Morgan fingerprint density at radius 2 is 2.19 bits per heavy atom. The van der Waals surface area contributed by atoms with E-state index in [1.807, 2.05) is 6.07 Å². The molecule has 0 radical (unpaired) electrons. The number of ether oxygens (including phenoxy) is 1. The third kappa shape index (κ3) is 1.69. The van der Waals surface area contributed by atoms with E-state index in [2.05, 4.69) is 27.6 Å². The van der Waals surface area contributed by atoms with Crippen LogP contribution in [-0.4, -0.2) is 17.0 Å². The lowest BCUT2D eigenvalue weighted by Gasteiger charge is -2.06. The minimum absolute atomic E-state index is 0.0653. The van der Waals surface area contributed by atoms with Crippen LogP contribution in [0.1, 0.15) is 0 Å². The summed E-state index contributed by atoms with van der Waals surface area (Å²) in [6.45, 7) is 0. The highest BCUT2D eigenvalue weighted by Gasteiger charge is 2.19. The van der Waals surface area contributed by atoms with Crippen molar-refractivity contribution < 1.29 is 9.66 Å². The monoisotopic (exact) mass is 330 g/mol. The quantitative estimate of drug-likeness (QED) is 0.482. The van der Waals surface area contributed by atoms with E-state index in [4.69, 9.17) is 4.74 Å². The summed E-state index contributed by atoms with van der Waals surface area (Å²) in [5.74, 6) is 0.209. The molecule has 0 saturated carbocycles. The van der Waals surface area contributed by atoms with Crippen LogP contribution in [0.3, 0.4) is 0 Å². The van der Waals surface area contributed by atoms with E-state index in [0.29, 0.717) is 5.52 Å². The summed E-state index contributed by atoms with van der Waals surface area (Å²) in [6.07, 6.45) is 1.61. The number of nitrogens with zero attached hydrogens (tertiary/aromatic N) is 2. The summed E-state index contributed by atoms with van der Waals surface area (Å²) < 4.78 is 6.05. The maximum absolute atomic E-state index is 10.8. The normalized spacial score (nSPS) is 10.4. The number of benzene rings is 1. The van der Waals surface area contributed by atoms with Crippen molar-refractivity contribution in [3.8, 4) is 5.75 Å². The first kappa shape index (κ1) is 11.1. The minimum Gasteiger partial charge on any atom is -0.489 e. The van der Waals surface area contributed by atoms with E-state index in [9.17, 15) is 10.1 Å². The molecule has 1 aromatic heterocycles. The molecule has 0 amide bonds. The topological polar surface area (TPSA) is 65.3 Å². The molecule has 1 aromatic carbocycles. The number of rotatable bonds is 2. The highest BCUT2D eigenvalue weighted by Crippen LogP contribution is 2.35. The molecular weight excluding hydrogens is 323 g/mol. The van der Waals surface area contributed by atoms with Crippen LogP contribution in [0.4, 0.5) is 5.69 Å². The van der Waals surface area contributed by atoms with Gasteiger partial charge in [0, 0.05) is 21.2 Å². The van der Waals surface area contributed by atoms with Gasteiger partial charge >= 0.3 is 5.69 Å². The molecule has 0 aliphatic heterocycles. The second kappa shape index (κ2) is 4.20. The largest absolute Gasteiger partial charge is 0.489 e. The predicted molar refractivity (Wildman–Crippen MR) is 67.7 cm³/mol. The van der Waals surface area contributed by atoms with E-state index >= 15 is 0 Å². The summed E-state index contributed by atoms with van der Waals surface area (Å²) >= 11 is 2.15. The Hall–Kier alpha value is -1.44. The number of nitro benzene ring substituents is 1. The van der Waals surface area contributed by atoms with Crippen LogP contribution in [-0.2, 0) is 0 Å². The van der Waals surface area contributed by atoms with Gasteiger partial charge in [-0.15, -0.1) is 0 Å². The summed E-state index contributed by atoms with van der Waals surface area (Å²) in [5.41, 5.74) is 0.452. The van der Waals surface area contributed by atoms with E-state index in [-0.39, 0.29) is 11.4 Å². The first-order valence-electron chi connectivity index (χ1n) is 4.40. The molecule has 0 N–H and O–H groups in total. The van der Waals surface area contributed by atoms with Crippen molar-refractivity contribution in [1.29, 1.82) is 0 Å². The van der Waals surface area contributed by atoms with Gasteiger partial charge in [-0.25, -0.2) is 0 Å². The number of hydrogen-bond acceptors (Lipinski definition) is 4. The molecule has 2 rings (SSSR count). The van der Waals surface area contributed by atoms with Crippen LogP contribution in [0.5, 0.6) is 5.75 Å². The molecule has 0 saturated heterocycles. The van der Waals surface area contributed by atoms with Gasteiger partial charge in [-0.2, -0.15) is 0 Å². The fraction of sp³-hybridized carbons (Fsp3) is 0.100. The first-order valence-corrected chi connectivity index (χ1v) is 5.48. The van der Waals surface area contributed by atoms with Crippen molar-refractivity contribution in [2.75, 3.05) is 7.11 Å². The van der Waals surface area contributed by atoms with E-state index in [0.717, 1.165) is 8.96 Å². The molecule has 16 heavy (non-hydrogen) atoms. The van der Waals surface area contributed by atoms with E-state index < -0.39 is 4.92 Å². The summed E-state index contributed by atoms with van der Waals surface area (Å²) in [7, 11) is 1.41. The standard InChI is InChI=1S/C10H7IN2O3/c1-16-10-8(13(14)15)3-2-6-7(11)4-5-12-9(6)10/h2-5H,1H3. The molecular formula is C10H7IN2O3. The molecule has 0 unspecified atom stereocenters. The van der Waals surface area contributed by atoms with Crippen LogP contribution in [0.25, 0.3) is 10.9 Å². The van der Waals surface area contributed by atoms with Crippen LogP contribution in [0.2, 0.25) is 0 Å². The number of fused-ring (bicyclic) bond motifs is 1. The lowest BCUT2D eigenvalue weighted by atomic mass is 10.2. The fourth-order valence-corrected chi connectivity index (χ4v) is 2.09. The molecule has 0 aliphatic rings. The molecule has 2 aromatic rings. The smallest absolute Gasteiger partial charge is 0.313 e. The second-order valence-electron chi connectivity index (χ2n) is 3.06. The van der Waals surface area contributed by atoms with Crippen LogP contribution >= 0.6 is 22.6 Å². The van der Waals surface area contributed by atoms with Gasteiger partial charge in [-0.05, 0) is 34.7 Å². The zero-order valence-electron chi connectivity index (χ0n) is 8.31. The van der Waals surface area contributed by atoms with Crippen molar-refractivity contribution in [1.82, 2.24) is 4.98 Å². The van der Waals surface area contributed by atoms with Gasteiger partial charge in [0.25, 0.3) is 0 Å². The van der Waals surface area contributed by atoms with Crippen molar-refractivity contribution in [3.63, 3.8) is 0 Å². The van der Waals surface area contributed by atoms with Crippen LogP contribution in [0.15, 0.2) is 24.4 Å². The van der Waals surface area contributed by atoms with Gasteiger partial charge in [-0.1, -0.05) is 0 Å². The Bertz CT molecular complexity index is 571. The van der Waals surface area contributed by atoms with Gasteiger partial charge in [0.05, 0.1) is 12.0 Å². The van der Waals surface area contributed by atoms with Crippen molar-refractivity contribution >= 4 is 39.2 Å². The Labute approximate surface area is 105 Å². The summed E-state index contributed by atoms with van der Waals surface area (Å²) in [5, 5.41) is 11.7. The third-order valence-corrected chi connectivity index (χ3v) is 3.13. The average molecular weight is 330 g/mol. The molecule has 0 spiro atoms. The van der Waals surface area contributed by atoms with Crippen LogP contribution < -0.4 is 4.74 Å². The number of methoxy groups -OCH3 is 1. The molecule has 5 nitrogen and oxygen atoms in total. The highest BCUT2D eigenvalue weighted by atomic mass is 127. The molecule has 0 aliphatic carbocycles. The predicted octanol–water partition coefficient (Wildman–Crippen LogP) is 2.76. The summed E-state index contributed by atoms with van der Waals surface area (Å²) in [4.78, 5) is 14.5. The van der Waals surface area contributed by atoms with Gasteiger partial charge < -0.3 is 4.74 Å². The van der Waals surface area contributed by atoms with Gasteiger partial charge in [-0.3, -0.25) is 15.1 Å². The molecule has 0 bridgehead atoms.